The first-order valence-corrected chi connectivity index (χ1v) is 14.9. The maximum Gasteiger partial charge on any atom is 0.258 e. The zero-order valence-electron chi connectivity index (χ0n) is 22.2. The predicted molar refractivity (Wildman–Crippen MR) is 145 cm³/mol. The molecule has 1 spiro atoms. The molecule has 2 aromatic carbocycles. The van der Waals surface area contributed by atoms with Gasteiger partial charge in [-0.25, -0.2) is 13.8 Å². The van der Waals surface area contributed by atoms with E-state index in [1.54, 1.807) is 25.1 Å². The molecule has 0 saturated heterocycles. The molecule has 1 fully saturated rings. The minimum atomic E-state index is -3.86. The Hall–Kier alpha value is -3.17. The van der Waals surface area contributed by atoms with Crippen LogP contribution in [0.3, 0.4) is 0 Å². The third-order valence-corrected chi connectivity index (χ3v) is 9.20. The molecule has 1 aliphatic carbocycles. The van der Waals surface area contributed by atoms with Gasteiger partial charge in [0.1, 0.15) is 23.0 Å². The number of nitrogens with zero attached hydrogens (tertiary/aromatic N) is 1. The van der Waals surface area contributed by atoms with Crippen molar-refractivity contribution in [3.8, 4) is 5.75 Å². The van der Waals surface area contributed by atoms with E-state index in [4.69, 9.17) is 9.15 Å². The molecule has 1 aromatic heterocycles. The highest BCUT2D eigenvalue weighted by molar-refractivity contribution is 7.89. The zero-order valence-corrected chi connectivity index (χ0v) is 23.0. The lowest BCUT2D eigenvalue weighted by atomic mass is 9.79. The third-order valence-electron chi connectivity index (χ3n) is 7.71. The summed E-state index contributed by atoms with van der Waals surface area (Å²) in [6.07, 6.45) is 8.16. The average molecular weight is 538 g/mol. The van der Waals surface area contributed by atoms with Crippen LogP contribution in [-0.4, -0.2) is 26.0 Å². The van der Waals surface area contributed by atoms with Gasteiger partial charge in [0, 0.05) is 17.5 Å². The zero-order chi connectivity index (χ0) is 26.9. The molecule has 1 amide bonds. The molecule has 5 rings (SSSR count). The number of carbonyl (C=O) groups is 1. The first-order chi connectivity index (χ1) is 18.2. The fraction of sp³-hybridized carbons (Fsp3) is 0.448. The third kappa shape index (κ3) is 5.49. The van der Waals surface area contributed by atoms with Crippen LogP contribution in [0.2, 0.25) is 0 Å². The summed E-state index contributed by atoms with van der Waals surface area (Å²) in [5, 5.41) is 5.13. The number of ether oxygens (including phenoxy) is 1. The van der Waals surface area contributed by atoms with Crippen molar-refractivity contribution in [2.45, 2.75) is 88.7 Å². The summed E-state index contributed by atoms with van der Waals surface area (Å²) in [6.45, 7) is 5.58. The SMILES string of the molecule is CCC(NS(=O)(=O)c1ccc(C)cc1)C(=O)N/N=c1\cc(C)c2cc3c(cc2o1)OC1(CCCCC1)CC3. The van der Waals surface area contributed by atoms with Gasteiger partial charge in [0.2, 0.25) is 15.6 Å². The smallest absolute Gasteiger partial charge is 0.258 e. The summed E-state index contributed by atoms with van der Waals surface area (Å²) in [4.78, 5) is 12.9. The van der Waals surface area contributed by atoms with Crippen molar-refractivity contribution in [2.75, 3.05) is 0 Å². The van der Waals surface area contributed by atoms with Crippen molar-refractivity contribution in [3.05, 3.63) is 64.7 Å². The molecule has 1 aliphatic heterocycles. The fourth-order valence-electron chi connectivity index (χ4n) is 5.43. The second-order valence-corrected chi connectivity index (χ2v) is 12.3. The van der Waals surface area contributed by atoms with Gasteiger partial charge >= 0.3 is 0 Å². The Morgan fingerprint density at radius 1 is 1.05 bits per heavy atom. The Kier molecular flexibility index (Phi) is 7.33. The lowest BCUT2D eigenvalue weighted by Crippen LogP contribution is -2.45. The summed E-state index contributed by atoms with van der Waals surface area (Å²) in [7, 11) is -3.86. The van der Waals surface area contributed by atoms with E-state index >= 15 is 0 Å². The Labute approximate surface area is 223 Å². The topological polar surface area (TPSA) is 110 Å². The maximum absolute atomic E-state index is 12.8. The van der Waals surface area contributed by atoms with E-state index in [-0.39, 0.29) is 22.5 Å². The minimum Gasteiger partial charge on any atom is -0.487 e. The van der Waals surface area contributed by atoms with Crippen molar-refractivity contribution >= 4 is 26.9 Å². The van der Waals surface area contributed by atoms with Crippen LogP contribution in [-0.2, 0) is 21.2 Å². The van der Waals surface area contributed by atoms with Crippen LogP contribution >= 0.6 is 0 Å². The molecule has 1 unspecified atom stereocenters. The van der Waals surface area contributed by atoms with Gasteiger partial charge in [0.05, 0.1) is 4.90 Å². The Bertz CT molecular complexity index is 1520. The van der Waals surface area contributed by atoms with Gasteiger partial charge in [0.15, 0.2) is 0 Å². The molecular formula is C29H35N3O5S. The minimum absolute atomic E-state index is 0.0645. The van der Waals surface area contributed by atoms with Crippen molar-refractivity contribution in [1.29, 1.82) is 0 Å². The molecule has 0 bridgehead atoms. The molecule has 9 heteroatoms. The molecule has 1 saturated carbocycles. The number of sulfonamides is 1. The average Bonchev–Trinajstić information content (AvgIpc) is 2.90. The molecule has 2 aliphatic rings. The number of aryl methyl sites for hydroxylation is 3. The molecule has 8 nitrogen and oxygen atoms in total. The van der Waals surface area contributed by atoms with Crippen LogP contribution in [0, 0.1) is 13.8 Å². The maximum atomic E-state index is 12.8. The second-order valence-electron chi connectivity index (χ2n) is 10.6. The van der Waals surface area contributed by atoms with Gasteiger partial charge < -0.3 is 9.15 Å². The number of carbonyl (C=O) groups excluding carboxylic acids is 1. The Balaban J connectivity index is 1.35. The molecule has 3 aromatic rings. The highest BCUT2D eigenvalue weighted by Crippen LogP contribution is 2.43. The van der Waals surface area contributed by atoms with Crippen molar-refractivity contribution in [3.63, 3.8) is 0 Å². The van der Waals surface area contributed by atoms with Crippen LogP contribution in [0.15, 0.2) is 56.9 Å². The first-order valence-electron chi connectivity index (χ1n) is 13.4. The van der Waals surface area contributed by atoms with E-state index < -0.39 is 22.0 Å². The summed E-state index contributed by atoms with van der Waals surface area (Å²) >= 11 is 0. The Morgan fingerprint density at radius 3 is 2.50 bits per heavy atom. The number of nitrogens with one attached hydrogen (secondary N) is 2. The summed E-state index contributed by atoms with van der Waals surface area (Å²) in [5.41, 5.74) is 6.37. The molecule has 202 valence electrons. The number of benzene rings is 2. The van der Waals surface area contributed by atoms with Gasteiger partial charge in [-0.05, 0) is 88.1 Å². The van der Waals surface area contributed by atoms with Gasteiger partial charge in [-0.15, -0.1) is 5.10 Å². The number of rotatable bonds is 6. The highest BCUT2D eigenvalue weighted by Gasteiger charge is 2.37. The quantitative estimate of drug-likeness (QED) is 0.441. The number of amides is 1. The van der Waals surface area contributed by atoms with Gasteiger partial charge in [-0.3, -0.25) is 4.79 Å². The molecule has 0 radical (unpaired) electrons. The van der Waals surface area contributed by atoms with Crippen LogP contribution in [0.4, 0.5) is 0 Å². The number of hydrogen-bond donors (Lipinski definition) is 2. The van der Waals surface area contributed by atoms with E-state index in [0.29, 0.717) is 5.58 Å². The van der Waals surface area contributed by atoms with E-state index in [1.807, 2.05) is 19.9 Å². The van der Waals surface area contributed by atoms with Crippen molar-refractivity contribution < 1.29 is 22.4 Å². The molecule has 38 heavy (non-hydrogen) atoms. The van der Waals surface area contributed by atoms with Crippen LogP contribution < -0.4 is 20.4 Å². The normalized spacial score (nSPS) is 18.1. The van der Waals surface area contributed by atoms with Crippen LogP contribution in [0.25, 0.3) is 11.0 Å². The first kappa shape index (κ1) is 26.4. The molecule has 1 atom stereocenters. The standard InChI is InChI=1S/C29H35N3O5S/c1-4-24(32-38(34,35)22-10-8-19(2)9-11-22)28(33)31-30-27-16-20(3)23-17-21-12-15-29(13-6-5-7-14-29)37-25(21)18-26(23)36-27/h8-11,16-18,24,32H,4-7,12-15H2,1-3H3,(H,31,33)/b30-27+. The number of hydrogen-bond acceptors (Lipinski definition) is 6. The van der Waals surface area contributed by atoms with E-state index in [2.05, 4.69) is 21.3 Å². The number of fused-ring (bicyclic) bond motifs is 2. The van der Waals surface area contributed by atoms with Gasteiger partial charge in [-0.1, -0.05) is 31.0 Å². The van der Waals surface area contributed by atoms with E-state index in [0.717, 1.165) is 47.9 Å². The lowest BCUT2D eigenvalue weighted by Gasteiger charge is -2.41. The largest absolute Gasteiger partial charge is 0.487 e. The summed E-state index contributed by atoms with van der Waals surface area (Å²) in [6, 6.07) is 11.3. The fourth-order valence-corrected chi connectivity index (χ4v) is 6.71. The van der Waals surface area contributed by atoms with Crippen LogP contribution in [0.5, 0.6) is 5.75 Å². The predicted octanol–water partition coefficient (Wildman–Crippen LogP) is 4.77. The monoisotopic (exact) mass is 537 g/mol. The summed E-state index contributed by atoms with van der Waals surface area (Å²) in [5.74, 6) is 0.302. The highest BCUT2D eigenvalue weighted by atomic mass is 32.2. The molecular weight excluding hydrogens is 502 g/mol. The van der Waals surface area contributed by atoms with Crippen molar-refractivity contribution in [2.24, 2.45) is 5.10 Å². The van der Waals surface area contributed by atoms with E-state index in [9.17, 15) is 13.2 Å². The van der Waals surface area contributed by atoms with Gasteiger partial charge in [0.25, 0.3) is 5.91 Å². The Morgan fingerprint density at radius 2 is 1.79 bits per heavy atom. The summed E-state index contributed by atoms with van der Waals surface area (Å²) < 4.78 is 40.6. The van der Waals surface area contributed by atoms with Crippen LogP contribution in [0.1, 0.15) is 68.6 Å². The molecule has 2 N–H and O–H groups in total. The van der Waals surface area contributed by atoms with Crippen molar-refractivity contribution in [1.82, 2.24) is 10.1 Å². The lowest BCUT2D eigenvalue weighted by molar-refractivity contribution is -0.122. The molecule has 2 heterocycles. The van der Waals surface area contributed by atoms with E-state index in [1.165, 1.54) is 37.0 Å². The second kappa shape index (κ2) is 10.5. The van der Waals surface area contributed by atoms with Gasteiger partial charge in [-0.2, -0.15) is 4.72 Å².